The second-order valence-electron chi connectivity index (χ2n) is 6.23. The molecule has 0 aliphatic carbocycles. The molecule has 0 saturated carbocycles. The van der Waals surface area contributed by atoms with E-state index in [0.29, 0.717) is 0 Å². The second kappa shape index (κ2) is 6.44. The van der Waals surface area contributed by atoms with E-state index >= 15 is 0 Å². The van der Waals surface area contributed by atoms with Gasteiger partial charge < -0.3 is 4.90 Å². The van der Waals surface area contributed by atoms with Gasteiger partial charge in [-0.25, -0.2) is 0 Å². The molecule has 1 fully saturated rings. The monoisotopic (exact) mass is 296 g/mol. The minimum Gasteiger partial charge on any atom is -0.353 e. The van der Waals surface area contributed by atoms with Crippen LogP contribution in [0.25, 0.3) is 0 Å². The van der Waals surface area contributed by atoms with Gasteiger partial charge in [0.25, 0.3) is 0 Å². The zero-order valence-electron chi connectivity index (χ0n) is 13.7. The molecule has 0 atom stereocenters. The summed E-state index contributed by atoms with van der Waals surface area (Å²) in [5.41, 5.74) is 5.14. The number of hydrogen-bond donors (Lipinski definition) is 0. The van der Waals surface area contributed by atoms with Crippen molar-refractivity contribution in [2.45, 2.75) is 27.3 Å². The highest BCUT2D eigenvalue weighted by molar-refractivity contribution is 5.38. The van der Waals surface area contributed by atoms with E-state index in [1.54, 1.807) is 0 Å². The lowest BCUT2D eigenvalue weighted by molar-refractivity contribution is 0.248. The van der Waals surface area contributed by atoms with Crippen molar-refractivity contribution in [2.75, 3.05) is 31.1 Å². The molecule has 4 heteroatoms. The van der Waals surface area contributed by atoms with E-state index < -0.39 is 0 Å². The molecule has 0 N–H and O–H groups in total. The molecule has 1 saturated heterocycles. The zero-order chi connectivity index (χ0) is 15.5. The van der Waals surface area contributed by atoms with Crippen LogP contribution >= 0.6 is 0 Å². The van der Waals surface area contributed by atoms with Crippen molar-refractivity contribution in [3.8, 4) is 0 Å². The van der Waals surface area contributed by atoms with Crippen LogP contribution in [0.2, 0.25) is 0 Å². The van der Waals surface area contributed by atoms with Crippen LogP contribution in [0, 0.1) is 20.8 Å². The summed E-state index contributed by atoms with van der Waals surface area (Å²) in [5, 5.41) is 8.45. The number of anilines is 1. The molecule has 0 bridgehead atoms. The van der Waals surface area contributed by atoms with Crippen LogP contribution in [0.1, 0.15) is 22.4 Å². The smallest absolute Gasteiger partial charge is 0.151 e. The number of rotatable bonds is 3. The summed E-state index contributed by atoms with van der Waals surface area (Å²) >= 11 is 0. The Bertz CT molecular complexity index is 628. The van der Waals surface area contributed by atoms with Crippen LogP contribution in [-0.2, 0) is 6.54 Å². The molecule has 3 rings (SSSR count). The summed E-state index contributed by atoms with van der Waals surface area (Å²) in [6, 6.07) is 10.9. The van der Waals surface area contributed by atoms with Crippen molar-refractivity contribution < 1.29 is 0 Å². The maximum Gasteiger partial charge on any atom is 0.151 e. The summed E-state index contributed by atoms with van der Waals surface area (Å²) in [7, 11) is 0. The summed E-state index contributed by atoms with van der Waals surface area (Å²) in [4.78, 5) is 4.85. The Labute approximate surface area is 132 Å². The minimum atomic E-state index is 0.970. The van der Waals surface area contributed by atoms with Gasteiger partial charge in [0.15, 0.2) is 5.82 Å². The third-order valence-electron chi connectivity index (χ3n) is 4.37. The molecule has 1 aliphatic heterocycles. The molecule has 2 aromatic rings. The Kier molecular flexibility index (Phi) is 4.39. The lowest BCUT2D eigenvalue weighted by atomic mass is 10.1. The van der Waals surface area contributed by atoms with Gasteiger partial charge in [0, 0.05) is 32.7 Å². The fraction of sp³-hybridized carbons (Fsp3) is 0.444. The zero-order valence-corrected chi connectivity index (χ0v) is 13.7. The van der Waals surface area contributed by atoms with E-state index in [2.05, 4.69) is 58.1 Å². The number of piperazine rings is 1. The molecule has 0 amide bonds. The summed E-state index contributed by atoms with van der Waals surface area (Å²) in [6.45, 7) is 11.5. The van der Waals surface area contributed by atoms with Crippen LogP contribution in [0.15, 0.2) is 30.3 Å². The molecular weight excluding hydrogens is 272 g/mol. The Morgan fingerprint density at radius 3 is 2.32 bits per heavy atom. The quantitative estimate of drug-likeness (QED) is 0.872. The lowest BCUT2D eigenvalue weighted by Crippen LogP contribution is -2.46. The van der Waals surface area contributed by atoms with E-state index in [0.717, 1.165) is 44.2 Å². The number of nitrogens with zero attached hydrogens (tertiary/aromatic N) is 4. The minimum absolute atomic E-state index is 0.970. The van der Waals surface area contributed by atoms with Gasteiger partial charge in [-0.3, -0.25) is 4.90 Å². The maximum absolute atomic E-state index is 4.29. The third kappa shape index (κ3) is 3.45. The molecule has 0 radical (unpaired) electrons. The largest absolute Gasteiger partial charge is 0.353 e. The number of hydrogen-bond acceptors (Lipinski definition) is 4. The summed E-state index contributed by atoms with van der Waals surface area (Å²) in [6.07, 6.45) is 0. The van der Waals surface area contributed by atoms with E-state index in [1.165, 1.54) is 16.7 Å². The molecule has 1 aromatic heterocycles. The normalized spacial score (nSPS) is 16.0. The van der Waals surface area contributed by atoms with Crippen LogP contribution in [0.5, 0.6) is 0 Å². The summed E-state index contributed by atoms with van der Waals surface area (Å²) < 4.78 is 0. The van der Waals surface area contributed by atoms with Crippen LogP contribution in [0.4, 0.5) is 5.82 Å². The molecule has 1 aromatic carbocycles. The van der Waals surface area contributed by atoms with E-state index in [9.17, 15) is 0 Å². The van der Waals surface area contributed by atoms with Gasteiger partial charge in [-0.2, -0.15) is 5.10 Å². The maximum atomic E-state index is 4.29. The van der Waals surface area contributed by atoms with Crippen molar-refractivity contribution in [2.24, 2.45) is 0 Å². The first-order valence-electron chi connectivity index (χ1n) is 7.95. The molecule has 2 heterocycles. The molecule has 116 valence electrons. The first-order valence-corrected chi connectivity index (χ1v) is 7.95. The SMILES string of the molecule is Cc1ccc(CN2CCN(c3ccc(C)nn3)CC2)c(C)c1. The van der Waals surface area contributed by atoms with Gasteiger partial charge in [-0.1, -0.05) is 23.8 Å². The van der Waals surface area contributed by atoms with Crippen LogP contribution in [0.3, 0.4) is 0 Å². The molecule has 1 aliphatic rings. The fourth-order valence-corrected chi connectivity index (χ4v) is 2.96. The van der Waals surface area contributed by atoms with Crippen molar-refractivity contribution >= 4 is 5.82 Å². The topological polar surface area (TPSA) is 32.3 Å². The van der Waals surface area contributed by atoms with Gasteiger partial charge in [0.2, 0.25) is 0 Å². The Hall–Kier alpha value is -1.94. The van der Waals surface area contributed by atoms with E-state index in [4.69, 9.17) is 0 Å². The first-order chi connectivity index (χ1) is 10.6. The predicted octanol–water partition coefficient (Wildman–Crippen LogP) is 2.72. The van der Waals surface area contributed by atoms with Gasteiger partial charge in [0.05, 0.1) is 5.69 Å². The fourth-order valence-electron chi connectivity index (χ4n) is 2.96. The van der Waals surface area contributed by atoms with Gasteiger partial charge in [-0.15, -0.1) is 5.10 Å². The highest BCUT2D eigenvalue weighted by atomic mass is 15.3. The Morgan fingerprint density at radius 2 is 1.68 bits per heavy atom. The lowest BCUT2D eigenvalue weighted by Gasteiger charge is -2.35. The van der Waals surface area contributed by atoms with Crippen molar-refractivity contribution in [1.29, 1.82) is 0 Å². The van der Waals surface area contributed by atoms with E-state index in [-0.39, 0.29) is 0 Å². The Morgan fingerprint density at radius 1 is 0.909 bits per heavy atom. The van der Waals surface area contributed by atoms with Crippen molar-refractivity contribution in [3.63, 3.8) is 0 Å². The number of aromatic nitrogens is 2. The molecule has 4 nitrogen and oxygen atoms in total. The Balaban J connectivity index is 1.58. The second-order valence-corrected chi connectivity index (χ2v) is 6.23. The van der Waals surface area contributed by atoms with Gasteiger partial charge >= 0.3 is 0 Å². The average Bonchev–Trinajstić information content (AvgIpc) is 2.52. The molecular formula is C18H24N4. The summed E-state index contributed by atoms with van der Waals surface area (Å²) in [5.74, 6) is 0.997. The number of aryl methyl sites for hydroxylation is 3. The molecule has 22 heavy (non-hydrogen) atoms. The van der Waals surface area contributed by atoms with Crippen molar-refractivity contribution in [3.05, 3.63) is 52.7 Å². The number of benzene rings is 1. The first kappa shape index (κ1) is 15.0. The predicted molar refractivity (Wildman–Crippen MR) is 90.2 cm³/mol. The average molecular weight is 296 g/mol. The van der Waals surface area contributed by atoms with Gasteiger partial charge in [-0.05, 0) is 44.0 Å². The third-order valence-corrected chi connectivity index (χ3v) is 4.37. The van der Waals surface area contributed by atoms with Crippen LogP contribution in [-0.4, -0.2) is 41.3 Å². The standard InChI is InChI=1S/C18H24N4/c1-14-4-6-17(15(2)12-14)13-21-8-10-22(11-9-21)18-7-5-16(3)19-20-18/h4-7,12H,8-11,13H2,1-3H3. The van der Waals surface area contributed by atoms with Crippen molar-refractivity contribution in [1.82, 2.24) is 15.1 Å². The molecule has 0 spiro atoms. The van der Waals surface area contributed by atoms with Crippen LogP contribution < -0.4 is 4.90 Å². The van der Waals surface area contributed by atoms with Gasteiger partial charge in [0.1, 0.15) is 0 Å². The molecule has 0 unspecified atom stereocenters. The highest BCUT2D eigenvalue weighted by Gasteiger charge is 2.18. The van der Waals surface area contributed by atoms with E-state index in [1.807, 2.05) is 13.0 Å². The highest BCUT2D eigenvalue weighted by Crippen LogP contribution is 2.17.